The molecule has 5 nitrogen and oxygen atoms in total. The minimum Gasteiger partial charge on any atom is -0.351 e. The van der Waals surface area contributed by atoms with Crippen molar-refractivity contribution in [2.24, 2.45) is 0 Å². The Morgan fingerprint density at radius 2 is 1.66 bits per heavy atom. The molecule has 2 N–H and O–H groups in total. The predicted octanol–water partition coefficient (Wildman–Crippen LogP) is 4.19. The predicted molar refractivity (Wildman–Crippen MR) is 130 cm³/mol. The number of aryl methyl sites for hydroxylation is 1. The fourth-order valence-corrected chi connectivity index (χ4v) is 4.06. The Bertz CT molecular complexity index is 923. The van der Waals surface area contributed by atoms with Gasteiger partial charge in [0.15, 0.2) is 0 Å². The maximum absolute atomic E-state index is 12.6. The van der Waals surface area contributed by atoms with Crippen LogP contribution in [0.15, 0.2) is 48.5 Å². The summed E-state index contributed by atoms with van der Waals surface area (Å²) in [6.45, 7) is 13.2. The molecule has 2 aromatic rings. The average Bonchev–Trinajstić information content (AvgIpc) is 2.76. The Balaban J connectivity index is 1.44. The van der Waals surface area contributed by atoms with Crippen molar-refractivity contribution in [2.75, 3.05) is 13.1 Å². The third-order valence-electron chi connectivity index (χ3n) is 6.34. The van der Waals surface area contributed by atoms with E-state index in [4.69, 9.17) is 0 Å². The largest absolute Gasteiger partial charge is 0.351 e. The summed E-state index contributed by atoms with van der Waals surface area (Å²) in [5.74, 6) is -0.344. The summed E-state index contributed by atoms with van der Waals surface area (Å²) in [4.78, 5) is 27.6. The number of amides is 2. The molecule has 1 aliphatic heterocycles. The first-order chi connectivity index (χ1) is 15.1. The molecule has 0 spiro atoms. The summed E-state index contributed by atoms with van der Waals surface area (Å²) in [6.07, 6.45) is 1.85. The molecular weight excluding hydrogens is 398 g/mol. The van der Waals surface area contributed by atoms with E-state index >= 15 is 0 Å². The SMILES string of the molecule is Cc1ccccc1CN1CCC(NC(=O)C(C)NC(=O)c2ccc(C(C)(C)C)cc2)CC1. The second kappa shape index (κ2) is 10.3. The zero-order chi connectivity index (χ0) is 23.3. The minimum atomic E-state index is -0.574. The van der Waals surface area contributed by atoms with E-state index in [9.17, 15) is 9.59 Å². The van der Waals surface area contributed by atoms with Crippen LogP contribution < -0.4 is 10.6 Å². The van der Waals surface area contributed by atoms with Gasteiger partial charge < -0.3 is 10.6 Å². The van der Waals surface area contributed by atoms with E-state index in [0.717, 1.165) is 32.5 Å². The maximum atomic E-state index is 12.6. The van der Waals surface area contributed by atoms with Crippen LogP contribution in [0.2, 0.25) is 0 Å². The summed E-state index contributed by atoms with van der Waals surface area (Å²) in [5, 5.41) is 5.95. The third-order valence-corrected chi connectivity index (χ3v) is 6.34. The van der Waals surface area contributed by atoms with Crippen LogP contribution in [0.5, 0.6) is 0 Å². The van der Waals surface area contributed by atoms with Gasteiger partial charge in [0.2, 0.25) is 5.91 Å². The topological polar surface area (TPSA) is 61.4 Å². The number of hydrogen-bond acceptors (Lipinski definition) is 3. The van der Waals surface area contributed by atoms with Gasteiger partial charge in [0, 0.05) is 31.2 Å². The van der Waals surface area contributed by atoms with Gasteiger partial charge in [0.1, 0.15) is 6.04 Å². The standard InChI is InChI=1S/C27H37N3O2/c1-19-8-6-7-9-22(19)18-30-16-14-24(15-17-30)29-25(31)20(2)28-26(32)21-10-12-23(13-11-21)27(3,4)5/h6-13,20,24H,14-18H2,1-5H3,(H,28,32)(H,29,31). The van der Waals surface area contributed by atoms with Crippen LogP contribution in [0.3, 0.4) is 0 Å². The van der Waals surface area contributed by atoms with Gasteiger partial charge in [-0.15, -0.1) is 0 Å². The number of likely N-dealkylation sites (tertiary alicyclic amines) is 1. The lowest BCUT2D eigenvalue weighted by atomic mass is 9.86. The molecule has 172 valence electrons. The molecule has 0 radical (unpaired) electrons. The lowest BCUT2D eigenvalue weighted by molar-refractivity contribution is -0.123. The molecule has 1 atom stereocenters. The molecule has 1 aliphatic rings. The van der Waals surface area contributed by atoms with E-state index in [1.165, 1.54) is 16.7 Å². The lowest BCUT2D eigenvalue weighted by Crippen LogP contribution is -2.51. The van der Waals surface area contributed by atoms with Gasteiger partial charge in [0.25, 0.3) is 5.91 Å². The van der Waals surface area contributed by atoms with Gasteiger partial charge in [0.05, 0.1) is 0 Å². The van der Waals surface area contributed by atoms with Gasteiger partial charge in [-0.2, -0.15) is 0 Å². The molecule has 1 saturated heterocycles. The molecule has 32 heavy (non-hydrogen) atoms. The highest BCUT2D eigenvalue weighted by atomic mass is 16.2. The van der Waals surface area contributed by atoms with E-state index in [1.807, 2.05) is 24.3 Å². The third kappa shape index (κ3) is 6.42. The first-order valence-electron chi connectivity index (χ1n) is 11.6. The van der Waals surface area contributed by atoms with E-state index < -0.39 is 6.04 Å². The van der Waals surface area contributed by atoms with Gasteiger partial charge in [-0.1, -0.05) is 57.2 Å². The summed E-state index contributed by atoms with van der Waals surface area (Å²) >= 11 is 0. The molecule has 2 amide bonds. The molecule has 3 rings (SSSR count). The van der Waals surface area contributed by atoms with Gasteiger partial charge in [-0.3, -0.25) is 14.5 Å². The number of hydrogen-bond donors (Lipinski definition) is 2. The van der Waals surface area contributed by atoms with Gasteiger partial charge >= 0.3 is 0 Å². The Labute approximate surface area is 192 Å². The zero-order valence-electron chi connectivity index (χ0n) is 20.1. The minimum absolute atomic E-state index is 0.0394. The van der Waals surface area contributed by atoms with Crippen molar-refractivity contribution in [3.8, 4) is 0 Å². The van der Waals surface area contributed by atoms with Crippen LogP contribution >= 0.6 is 0 Å². The van der Waals surface area contributed by atoms with Crippen molar-refractivity contribution in [3.63, 3.8) is 0 Å². The summed E-state index contributed by atoms with van der Waals surface area (Å²) in [5.41, 5.74) is 4.47. The molecule has 0 aromatic heterocycles. The lowest BCUT2D eigenvalue weighted by Gasteiger charge is -2.33. The molecule has 2 aromatic carbocycles. The fraction of sp³-hybridized carbons (Fsp3) is 0.481. The van der Waals surface area contributed by atoms with E-state index in [0.29, 0.717) is 5.56 Å². The quantitative estimate of drug-likeness (QED) is 0.715. The number of carbonyl (C=O) groups excluding carboxylic acids is 2. The van der Waals surface area contributed by atoms with Crippen LogP contribution in [-0.4, -0.2) is 41.9 Å². The van der Waals surface area contributed by atoms with Crippen molar-refractivity contribution in [1.29, 1.82) is 0 Å². The van der Waals surface area contributed by atoms with E-state index in [2.05, 4.69) is 67.5 Å². The highest BCUT2D eigenvalue weighted by molar-refractivity contribution is 5.97. The first-order valence-corrected chi connectivity index (χ1v) is 11.6. The summed E-state index contributed by atoms with van der Waals surface area (Å²) < 4.78 is 0. The second-order valence-electron chi connectivity index (χ2n) is 10.0. The molecule has 0 saturated carbocycles. The molecule has 1 heterocycles. The Kier molecular flexibility index (Phi) is 7.73. The molecule has 0 bridgehead atoms. The van der Waals surface area contributed by atoms with Crippen molar-refractivity contribution < 1.29 is 9.59 Å². The average molecular weight is 436 g/mol. The van der Waals surface area contributed by atoms with Gasteiger partial charge in [-0.25, -0.2) is 0 Å². The smallest absolute Gasteiger partial charge is 0.251 e. The van der Waals surface area contributed by atoms with E-state index in [1.54, 1.807) is 6.92 Å². The number of benzene rings is 2. The second-order valence-corrected chi connectivity index (χ2v) is 10.0. The normalized spacial score (nSPS) is 16.4. The van der Waals surface area contributed by atoms with Crippen LogP contribution in [0.1, 0.15) is 67.6 Å². The highest BCUT2D eigenvalue weighted by Crippen LogP contribution is 2.22. The Morgan fingerprint density at radius 3 is 2.25 bits per heavy atom. The first kappa shape index (κ1) is 24.0. The maximum Gasteiger partial charge on any atom is 0.251 e. The van der Waals surface area contributed by atoms with Crippen LogP contribution in [-0.2, 0) is 16.8 Å². The number of rotatable bonds is 6. The monoisotopic (exact) mass is 435 g/mol. The molecular formula is C27H37N3O2. The highest BCUT2D eigenvalue weighted by Gasteiger charge is 2.24. The Morgan fingerprint density at radius 1 is 1.03 bits per heavy atom. The van der Waals surface area contributed by atoms with Gasteiger partial charge in [-0.05, 0) is 60.9 Å². The van der Waals surface area contributed by atoms with Crippen molar-refractivity contribution in [1.82, 2.24) is 15.5 Å². The zero-order valence-corrected chi connectivity index (χ0v) is 20.1. The molecule has 0 aliphatic carbocycles. The number of carbonyl (C=O) groups is 2. The summed E-state index contributed by atoms with van der Waals surface area (Å²) in [6, 6.07) is 15.7. The number of piperidine rings is 1. The fourth-order valence-electron chi connectivity index (χ4n) is 4.06. The van der Waals surface area contributed by atoms with Crippen LogP contribution in [0.25, 0.3) is 0 Å². The van der Waals surface area contributed by atoms with Crippen LogP contribution in [0.4, 0.5) is 0 Å². The van der Waals surface area contributed by atoms with Crippen molar-refractivity contribution in [3.05, 3.63) is 70.8 Å². The summed E-state index contributed by atoms with van der Waals surface area (Å²) in [7, 11) is 0. The molecule has 1 fully saturated rings. The van der Waals surface area contributed by atoms with E-state index in [-0.39, 0.29) is 23.3 Å². The molecule has 1 unspecified atom stereocenters. The van der Waals surface area contributed by atoms with Crippen LogP contribution in [0, 0.1) is 6.92 Å². The number of nitrogens with one attached hydrogen (secondary N) is 2. The molecule has 5 heteroatoms. The number of nitrogens with zero attached hydrogens (tertiary/aromatic N) is 1. The van der Waals surface area contributed by atoms with Crippen molar-refractivity contribution >= 4 is 11.8 Å². The Hall–Kier alpha value is -2.66. The van der Waals surface area contributed by atoms with Crippen molar-refractivity contribution in [2.45, 2.75) is 71.5 Å².